The normalized spacial score (nSPS) is 10.1. The smallest absolute Gasteiger partial charge is 0.139 e. The number of rotatable bonds is 4. The van der Waals surface area contributed by atoms with Crippen molar-refractivity contribution in [1.29, 1.82) is 0 Å². The summed E-state index contributed by atoms with van der Waals surface area (Å²) in [6, 6.07) is 22.4. The molecule has 0 fully saturated rings. The molecule has 3 rings (SSSR count). The van der Waals surface area contributed by atoms with E-state index in [-0.39, 0.29) is 11.4 Å². The van der Waals surface area contributed by atoms with E-state index in [1.165, 1.54) is 6.07 Å². The van der Waals surface area contributed by atoms with Gasteiger partial charge in [-0.1, -0.05) is 54.5 Å². The van der Waals surface area contributed by atoms with Crippen LogP contribution in [0.4, 0.5) is 4.39 Å². The summed E-state index contributed by atoms with van der Waals surface area (Å²) >= 11 is 0. The van der Waals surface area contributed by atoms with Gasteiger partial charge >= 0.3 is 0 Å². The molecule has 0 aliphatic rings. The third-order valence-corrected chi connectivity index (χ3v) is 3.56. The third kappa shape index (κ3) is 3.59. The highest BCUT2D eigenvalue weighted by molar-refractivity contribution is 5.65. The molecule has 0 atom stereocenters. The molecular weight excluding hydrogens is 287 g/mol. The van der Waals surface area contributed by atoms with Crippen molar-refractivity contribution in [3.63, 3.8) is 0 Å². The van der Waals surface area contributed by atoms with Crippen LogP contribution in [-0.2, 0) is 6.61 Å². The van der Waals surface area contributed by atoms with E-state index in [9.17, 15) is 4.39 Å². The van der Waals surface area contributed by atoms with E-state index >= 15 is 0 Å². The van der Waals surface area contributed by atoms with Crippen molar-refractivity contribution in [3.8, 4) is 29.2 Å². The molecule has 0 aliphatic carbocycles. The summed E-state index contributed by atoms with van der Waals surface area (Å²) in [6.45, 7) is 0.520. The lowest BCUT2D eigenvalue weighted by Gasteiger charge is -2.08. The zero-order valence-corrected chi connectivity index (χ0v) is 12.5. The Kier molecular flexibility index (Phi) is 4.40. The summed E-state index contributed by atoms with van der Waals surface area (Å²) in [6.07, 6.45) is 5.23. The van der Waals surface area contributed by atoms with E-state index in [0.29, 0.717) is 6.61 Å². The Morgan fingerprint density at radius 1 is 0.870 bits per heavy atom. The monoisotopic (exact) mass is 302 g/mol. The Morgan fingerprint density at radius 2 is 1.57 bits per heavy atom. The van der Waals surface area contributed by atoms with Crippen molar-refractivity contribution in [3.05, 3.63) is 89.7 Å². The van der Waals surface area contributed by atoms with E-state index in [0.717, 1.165) is 22.4 Å². The molecule has 0 saturated heterocycles. The highest BCUT2D eigenvalue weighted by Gasteiger charge is 2.04. The average Bonchev–Trinajstić information content (AvgIpc) is 2.61. The fourth-order valence-electron chi connectivity index (χ4n) is 2.30. The lowest BCUT2D eigenvalue weighted by atomic mass is 10.0. The number of halogens is 1. The second-order valence-corrected chi connectivity index (χ2v) is 5.14. The predicted molar refractivity (Wildman–Crippen MR) is 90.5 cm³/mol. The van der Waals surface area contributed by atoms with Gasteiger partial charge in [-0.2, -0.15) is 0 Å². The van der Waals surface area contributed by atoms with Crippen LogP contribution in [0.25, 0.3) is 11.1 Å². The standard InChI is InChI=1S/C21H15FO/c1-2-17-8-9-19(14-21(17)22)18-10-12-20(13-11-18)23-15-16-6-4-3-5-7-16/h1,3-14H,15H2. The first-order valence-electron chi connectivity index (χ1n) is 7.29. The molecular formula is C21H15FO. The van der Waals surface area contributed by atoms with E-state index < -0.39 is 0 Å². The van der Waals surface area contributed by atoms with Gasteiger partial charge < -0.3 is 4.74 Å². The molecule has 2 heteroatoms. The minimum Gasteiger partial charge on any atom is -0.489 e. The molecule has 0 amide bonds. The Morgan fingerprint density at radius 3 is 2.22 bits per heavy atom. The largest absolute Gasteiger partial charge is 0.489 e. The molecule has 0 spiro atoms. The Balaban J connectivity index is 1.72. The highest BCUT2D eigenvalue weighted by Crippen LogP contribution is 2.24. The molecule has 0 saturated carbocycles. The predicted octanol–water partition coefficient (Wildman–Crippen LogP) is 5.05. The maximum absolute atomic E-state index is 13.8. The second kappa shape index (κ2) is 6.81. The summed E-state index contributed by atoms with van der Waals surface area (Å²) < 4.78 is 19.5. The maximum Gasteiger partial charge on any atom is 0.139 e. The minimum absolute atomic E-state index is 0.275. The van der Waals surface area contributed by atoms with Crippen LogP contribution in [0.1, 0.15) is 11.1 Å². The van der Waals surface area contributed by atoms with E-state index in [1.807, 2.05) is 60.7 Å². The van der Waals surface area contributed by atoms with Gasteiger partial charge in [-0.05, 0) is 41.0 Å². The fraction of sp³-hybridized carbons (Fsp3) is 0.0476. The van der Waals surface area contributed by atoms with Crippen molar-refractivity contribution in [1.82, 2.24) is 0 Å². The molecule has 0 N–H and O–H groups in total. The van der Waals surface area contributed by atoms with Gasteiger partial charge in [0.05, 0.1) is 5.56 Å². The molecule has 0 aliphatic heterocycles. The first kappa shape index (κ1) is 14.9. The first-order valence-corrected chi connectivity index (χ1v) is 7.29. The lowest BCUT2D eigenvalue weighted by molar-refractivity contribution is 0.306. The summed E-state index contributed by atoms with van der Waals surface area (Å²) in [5.41, 5.74) is 3.09. The zero-order valence-electron chi connectivity index (χ0n) is 12.5. The first-order chi connectivity index (χ1) is 11.3. The lowest BCUT2D eigenvalue weighted by Crippen LogP contribution is -1.94. The van der Waals surface area contributed by atoms with Gasteiger partial charge in [0, 0.05) is 0 Å². The molecule has 3 aromatic rings. The number of hydrogen-bond donors (Lipinski definition) is 0. The Bertz CT molecular complexity index is 830. The topological polar surface area (TPSA) is 9.23 Å². The summed E-state index contributed by atoms with van der Waals surface area (Å²) in [4.78, 5) is 0. The van der Waals surface area contributed by atoms with Gasteiger partial charge in [0.25, 0.3) is 0 Å². The molecule has 0 unspecified atom stereocenters. The number of benzene rings is 3. The van der Waals surface area contributed by atoms with Crippen LogP contribution in [0.3, 0.4) is 0 Å². The fourth-order valence-corrected chi connectivity index (χ4v) is 2.30. The Labute approximate surface area is 135 Å². The van der Waals surface area contributed by atoms with Crippen molar-refractivity contribution in [2.24, 2.45) is 0 Å². The van der Waals surface area contributed by atoms with Gasteiger partial charge in [0.2, 0.25) is 0 Å². The van der Waals surface area contributed by atoms with Gasteiger partial charge in [0.1, 0.15) is 18.2 Å². The van der Waals surface area contributed by atoms with Crippen LogP contribution < -0.4 is 4.74 Å². The SMILES string of the molecule is C#Cc1ccc(-c2ccc(OCc3ccccc3)cc2)cc1F. The van der Waals surface area contributed by atoms with Gasteiger partial charge in [0.15, 0.2) is 0 Å². The van der Waals surface area contributed by atoms with E-state index in [2.05, 4.69) is 5.92 Å². The quantitative estimate of drug-likeness (QED) is 0.613. The van der Waals surface area contributed by atoms with Crippen LogP contribution in [0.15, 0.2) is 72.8 Å². The van der Waals surface area contributed by atoms with Crippen LogP contribution in [0, 0.1) is 18.2 Å². The van der Waals surface area contributed by atoms with Crippen molar-refractivity contribution in [2.75, 3.05) is 0 Å². The van der Waals surface area contributed by atoms with Crippen LogP contribution in [0.5, 0.6) is 5.75 Å². The molecule has 3 aromatic carbocycles. The molecule has 0 heterocycles. The molecule has 1 nitrogen and oxygen atoms in total. The van der Waals surface area contributed by atoms with E-state index in [4.69, 9.17) is 11.2 Å². The molecule has 0 bridgehead atoms. The summed E-state index contributed by atoms with van der Waals surface area (Å²) in [5, 5.41) is 0. The average molecular weight is 302 g/mol. The molecule has 0 radical (unpaired) electrons. The summed E-state index contributed by atoms with van der Waals surface area (Å²) in [5.74, 6) is 2.72. The van der Waals surface area contributed by atoms with Gasteiger partial charge in [-0.25, -0.2) is 4.39 Å². The number of hydrogen-bond acceptors (Lipinski definition) is 1. The van der Waals surface area contributed by atoms with Gasteiger partial charge in [-0.3, -0.25) is 0 Å². The number of ether oxygens (including phenoxy) is 1. The summed E-state index contributed by atoms with van der Waals surface area (Å²) in [7, 11) is 0. The maximum atomic E-state index is 13.8. The molecule has 0 aromatic heterocycles. The third-order valence-electron chi connectivity index (χ3n) is 3.56. The zero-order chi connectivity index (χ0) is 16.1. The van der Waals surface area contributed by atoms with Crippen molar-refractivity contribution in [2.45, 2.75) is 6.61 Å². The minimum atomic E-state index is -0.380. The van der Waals surface area contributed by atoms with Crippen LogP contribution in [0.2, 0.25) is 0 Å². The van der Waals surface area contributed by atoms with Crippen LogP contribution in [-0.4, -0.2) is 0 Å². The van der Waals surface area contributed by atoms with E-state index in [1.54, 1.807) is 6.07 Å². The molecule has 112 valence electrons. The van der Waals surface area contributed by atoms with Crippen molar-refractivity contribution < 1.29 is 9.13 Å². The Hall–Kier alpha value is -3.05. The highest BCUT2D eigenvalue weighted by atomic mass is 19.1. The van der Waals surface area contributed by atoms with Gasteiger partial charge in [-0.15, -0.1) is 6.42 Å². The van der Waals surface area contributed by atoms with Crippen LogP contribution >= 0.6 is 0 Å². The second-order valence-electron chi connectivity index (χ2n) is 5.14. The van der Waals surface area contributed by atoms with Crippen molar-refractivity contribution >= 4 is 0 Å². The number of terminal acetylenes is 1. The molecule has 23 heavy (non-hydrogen) atoms.